The predicted molar refractivity (Wildman–Crippen MR) is 53.9 cm³/mol. The van der Waals surface area contributed by atoms with E-state index in [2.05, 4.69) is 36.0 Å². The Morgan fingerprint density at radius 1 is 1.23 bits per heavy atom. The molecule has 1 aromatic heterocycles. The predicted octanol–water partition coefficient (Wildman–Crippen LogP) is 1.42. The van der Waals surface area contributed by atoms with E-state index < -0.39 is 0 Å². The number of aryl methyl sites for hydroxylation is 1. The van der Waals surface area contributed by atoms with Crippen molar-refractivity contribution in [1.29, 1.82) is 0 Å². The van der Waals surface area contributed by atoms with Crippen molar-refractivity contribution in [2.45, 2.75) is 19.8 Å². The molecule has 0 fully saturated rings. The van der Waals surface area contributed by atoms with Crippen LogP contribution in [0, 0.1) is 6.92 Å². The van der Waals surface area contributed by atoms with Crippen LogP contribution in [0.2, 0.25) is 0 Å². The monoisotopic (exact) mass is 176 g/mol. The number of hydrogen-bond acceptors (Lipinski definition) is 2. The van der Waals surface area contributed by atoms with Gasteiger partial charge in [-0.15, -0.1) is 0 Å². The standard InChI is InChI=1S/C11H16N2/c1-9-3-4-10-5-7-13(2)8-6-11(10)12-9/h3-4H,5-8H2,1-2H3. The molecule has 0 saturated carbocycles. The summed E-state index contributed by atoms with van der Waals surface area (Å²) in [6, 6.07) is 4.35. The minimum Gasteiger partial charge on any atom is -0.306 e. The van der Waals surface area contributed by atoms with Gasteiger partial charge in [-0.3, -0.25) is 4.98 Å². The van der Waals surface area contributed by atoms with E-state index in [9.17, 15) is 0 Å². The zero-order valence-corrected chi connectivity index (χ0v) is 8.38. The van der Waals surface area contributed by atoms with E-state index in [0.717, 1.165) is 31.6 Å². The van der Waals surface area contributed by atoms with Gasteiger partial charge < -0.3 is 4.90 Å². The third-order valence-electron chi connectivity index (χ3n) is 2.70. The molecule has 0 amide bonds. The van der Waals surface area contributed by atoms with Crippen LogP contribution in [-0.2, 0) is 12.8 Å². The van der Waals surface area contributed by atoms with E-state index in [1.165, 1.54) is 11.3 Å². The largest absolute Gasteiger partial charge is 0.306 e. The quantitative estimate of drug-likeness (QED) is 0.594. The Balaban J connectivity index is 2.30. The molecule has 0 aromatic carbocycles. The first-order chi connectivity index (χ1) is 6.25. The Morgan fingerprint density at radius 3 is 2.85 bits per heavy atom. The average Bonchev–Trinajstić information content (AvgIpc) is 2.29. The minimum atomic E-state index is 1.10. The molecule has 70 valence electrons. The fourth-order valence-electron chi connectivity index (χ4n) is 1.80. The zero-order valence-electron chi connectivity index (χ0n) is 8.38. The molecule has 0 saturated heterocycles. The van der Waals surface area contributed by atoms with E-state index in [-0.39, 0.29) is 0 Å². The summed E-state index contributed by atoms with van der Waals surface area (Å²) in [6.07, 6.45) is 2.26. The Hall–Kier alpha value is -0.890. The topological polar surface area (TPSA) is 16.1 Å². The van der Waals surface area contributed by atoms with Crippen molar-refractivity contribution in [3.63, 3.8) is 0 Å². The zero-order chi connectivity index (χ0) is 9.26. The van der Waals surface area contributed by atoms with Crippen LogP contribution in [0.5, 0.6) is 0 Å². The summed E-state index contributed by atoms with van der Waals surface area (Å²) in [5.41, 5.74) is 3.89. The molecule has 2 heteroatoms. The van der Waals surface area contributed by atoms with Crippen molar-refractivity contribution in [2.75, 3.05) is 20.1 Å². The van der Waals surface area contributed by atoms with Crippen LogP contribution in [-0.4, -0.2) is 30.0 Å². The van der Waals surface area contributed by atoms with Gasteiger partial charge in [-0.2, -0.15) is 0 Å². The third-order valence-corrected chi connectivity index (χ3v) is 2.70. The third kappa shape index (κ3) is 1.89. The SMILES string of the molecule is Cc1ccc2c(n1)CCN(C)CC2. The van der Waals surface area contributed by atoms with Gasteiger partial charge in [0.05, 0.1) is 0 Å². The molecule has 2 nitrogen and oxygen atoms in total. The number of hydrogen-bond donors (Lipinski definition) is 0. The number of aromatic nitrogens is 1. The van der Waals surface area contributed by atoms with E-state index in [1.54, 1.807) is 0 Å². The van der Waals surface area contributed by atoms with E-state index in [1.807, 2.05) is 0 Å². The summed E-state index contributed by atoms with van der Waals surface area (Å²) < 4.78 is 0. The van der Waals surface area contributed by atoms with Crippen LogP contribution >= 0.6 is 0 Å². The molecule has 2 heterocycles. The highest BCUT2D eigenvalue weighted by Crippen LogP contribution is 2.13. The number of fused-ring (bicyclic) bond motifs is 1. The normalized spacial score (nSPS) is 18.0. The Labute approximate surface area is 79.6 Å². The molecule has 0 N–H and O–H groups in total. The summed E-state index contributed by atoms with van der Waals surface area (Å²) in [7, 11) is 2.18. The Kier molecular flexibility index (Phi) is 2.32. The van der Waals surface area contributed by atoms with Crippen LogP contribution < -0.4 is 0 Å². The number of pyridine rings is 1. The molecule has 1 aromatic rings. The molecule has 0 bridgehead atoms. The average molecular weight is 176 g/mol. The maximum Gasteiger partial charge on any atom is 0.0451 e. The van der Waals surface area contributed by atoms with E-state index >= 15 is 0 Å². The van der Waals surface area contributed by atoms with Crippen molar-refractivity contribution < 1.29 is 0 Å². The molecule has 1 aliphatic heterocycles. The van der Waals surface area contributed by atoms with Gasteiger partial charge in [0.2, 0.25) is 0 Å². The highest BCUT2D eigenvalue weighted by molar-refractivity contribution is 5.24. The van der Waals surface area contributed by atoms with Crippen LogP contribution in [0.4, 0.5) is 0 Å². The van der Waals surface area contributed by atoms with Crippen LogP contribution in [0.3, 0.4) is 0 Å². The summed E-state index contributed by atoms with van der Waals surface area (Å²) in [6.45, 7) is 4.37. The second kappa shape index (κ2) is 3.46. The first kappa shape index (κ1) is 8.70. The minimum absolute atomic E-state index is 1.10. The second-order valence-electron chi connectivity index (χ2n) is 3.86. The molecule has 0 radical (unpaired) electrons. The maximum atomic E-state index is 4.58. The van der Waals surface area contributed by atoms with Crippen molar-refractivity contribution in [3.8, 4) is 0 Å². The number of rotatable bonds is 0. The van der Waals surface area contributed by atoms with Crippen molar-refractivity contribution in [3.05, 3.63) is 29.1 Å². The highest BCUT2D eigenvalue weighted by atomic mass is 15.1. The van der Waals surface area contributed by atoms with Crippen LogP contribution in [0.15, 0.2) is 12.1 Å². The van der Waals surface area contributed by atoms with Gasteiger partial charge >= 0.3 is 0 Å². The smallest absolute Gasteiger partial charge is 0.0451 e. The van der Waals surface area contributed by atoms with Crippen molar-refractivity contribution in [2.24, 2.45) is 0 Å². The van der Waals surface area contributed by atoms with Crippen LogP contribution in [0.1, 0.15) is 17.0 Å². The summed E-state index contributed by atoms with van der Waals surface area (Å²) >= 11 is 0. The highest BCUT2D eigenvalue weighted by Gasteiger charge is 2.11. The lowest BCUT2D eigenvalue weighted by molar-refractivity contribution is 0.352. The lowest BCUT2D eigenvalue weighted by atomic mass is 10.1. The molecule has 2 rings (SSSR count). The molecule has 1 aliphatic rings. The van der Waals surface area contributed by atoms with Gasteiger partial charge in [-0.05, 0) is 32.0 Å². The summed E-state index contributed by atoms with van der Waals surface area (Å²) in [5.74, 6) is 0. The van der Waals surface area contributed by atoms with Gasteiger partial charge in [0.1, 0.15) is 0 Å². The molecule has 0 aliphatic carbocycles. The lowest BCUT2D eigenvalue weighted by Gasteiger charge is -2.10. The van der Waals surface area contributed by atoms with Gasteiger partial charge in [0.25, 0.3) is 0 Å². The first-order valence-electron chi connectivity index (χ1n) is 4.89. The summed E-state index contributed by atoms with van der Waals surface area (Å²) in [4.78, 5) is 6.95. The lowest BCUT2D eigenvalue weighted by Crippen LogP contribution is -2.20. The van der Waals surface area contributed by atoms with Crippen LogP contribution in [0.25, 0.3) is 0 Å². The van der Waals surface area contributed by atoms with E-state index in [0.29, 0.717) is 0 Å². The fraction of sp³-hybridized carbons (Fsp3) is 0.545. The van der Waals surface area contributed by atoms with Gasteiger partial charge in [-0.25, -0.2) is 0 Å². The second-order valence-corrected chi connectivity index (χ2v) is 3.86. The number of likely N-dealkylation sites (N-methyl/N-ethyl adjacent to an activating group) is 1. The Morgan fingerprint density at radius 2 is 2.00 bits per heavy atom. The first-order valence-corrected chi connectivity index (χ1v) is 4.89. The molecule has 0 atom stereocenters. The number of nitrogens with zero attached hydrogens (tertiary/aromatic N) is 2. The fourth-order valence-corrected chi connectivity index (χ4v) is 1.80. The van der Waals surface area contributed by atoms with Gasteiger partial charge in [0, 0.05) is 30.9 Å². The molecule has 0 unspecified atom stereocenters. The van der Waals surface area contributed by atoms with Crippen molar-refractivity contribution in [1.82, 2.24) is 9.88 Å². The van der Waals surface area contributed by atoms with Crippen molar-refractivity contribution >= 4 is 0 Å². The summed E-state index contributed by atoms with van der Waals surface area (Å²) in [5, 5.41) is 0. The van der Waals surface area contributed by atoms with Gasteiger partial charge in [0.15, 0.2) is 0 Å². The maximum absolute atomic E-state index is 4.58. The van der Waals surface area contributed by atoms with Gasteiger partial charge in [-0.1, -0.05) is 6.07 Å². The van der Waals surface area contributed by atoms with E-state index in [4.69, 9.17) is 0 Å². The molecular formula is C11H16N2. The molecular weight excluding hydrogens is 160 g/mol. The Bertz CT molecular complexity index is 307. The molecule has 0 spiro atoms. The molecule has 13 heavy (non-hydrogen) atoms.